The molecular formula is C23H44O2. The van der Waals surface area contributed by atoms with E-state index in [4.69, 9.17) is 4.74 Å². The summed E-state index contributed by atoms with van der Waals surface area (Å²) in [4.78, 5) is 11.9. The van der Waals surface area contributed by atoms with Crippen molar-refractivity contribution in [2.75, 3.05) is 6.61 Å². The minimum atomic E-state index is -0.120. The number of ether oxygens (including phenoxy) is 1. The second-order valence-electron chi connectivity index (χ2n) is 7.41. The SMILES string of the molecule is CCCCCCCCCCC=C(C)C(=O)OCCCCCCCCC. The number of unbranched alkanes of at least 4 members (excludes halogenated alkanes) is 14. The van der Waals surface area contributed by atoms with Gasteiger partial charge in [-0.1, -0.05) is 103 Å². The quantitative estimate of drug-likeness (QED) is 0.143. The van der Waals surface area contributed by atoms with E-state index in [1.54, 1.807) is 0 Å². The molecule has 0 unspecified atom stereocenters. The standard InChI is InChI=1S/C23H44O2/c1-4-6-8-10-12-13-14-16-18-20-22(3)23(24)25-21-19-17-15-11-9-7-5-2/h20H,4-19,21H2,1-3H3. The topological polar surface area (TPSA) is 26.3 Å². The molecule has 2 nitrogen and oxygen atoms in total. The molecule has 0 atom stereocenters. The Morgan fingerprint density at radius 3 is 1.64 bits per heavy atom. The molecule has 0 saturated heterocycles. The fourth-order valence-electron chi connectivity index (χ4n) is 3.02. The molecule has 0 aliphatic heterocycles. The van der Waals surface area contributed by atoms with Crippen LogP contribution in [0.2, 0.25) is 0 Å². The van der Waals surface area contributed by atoms with Gasteiger partial charge in [0.05, 0.1) is 6.61 Å². The van der Waals surface area contributed by atoms with Crippen LogP contribution in [-0.4, -0.2) is 12.6 Å². The molecular weight excluding hydrogens is 308 g/mol. The maximum absolute atomic E-state index is 11.9. The van der Waals surface area contributed by atoms with Crippen molar-refractivity contribution in [1.29, 1.82) is 0 Å². The average molecular weight is 353 g/mol. The second-order valence-corrected chi connectivity index (χ2v) is 7.41. The summed E-state index contributed by atoms with van der Waals surface area (Å²) in [5.74, 6) is -0.120. The molecule has 0 aromatic rings. The third-order valence-corrected chi connectivity index (χ3v) is 4.81. The van der Waals surface area contributed by atoms with Gasteiger partial charge in [-0.25, -0.2) is 4.79 Å². The fourth-order valence-corrected chi connectivity index (χ4v) is 3.02. The number of carbonyl (C=O) groups is 1. The Labute approximate surface area is 157 Å². The zero-order valence-corrected chi connectivity index (χ0v) is 17.4. The van der Waals surface area contributed by atoms with Gasteiger partial charge in [0.1, 0.15) is 0 Å². The van der Waals surface area contributed by atoms with Crippen molar-refractivity contribution in [3.8, 4) is 0 Å². The molecule has 0 aromatic heterocycles. The number of hydrogen-bond donors (Lipinski definition) is 0. The lowest BCUT2D eigenvalue weighted by Crippen LogP contribution is -2.07. The van der Waals surface area contributed by atoms with Crippen LogP contribution < -0.4 is 0 Å². The molecule has 0 radical (unpaired) electrons. The van der Waals surface area contributed by atoms with E-state index in [-0.39, 0.29) is 5.97 Å². The van der Waals surface area contributed by atoms with Crippen molar-refractivity contribution in [2.24, 2.45) is 0 Å². The molecule has 0 fully saturated rings. The van der Waals surface area contributed by atoms with Crippen molar-refractivity contribution in [2.45, 2.75) is 124 Å². The van der Waals surface area contributed by atoms with Crippen molar-refractivity contribution in [3.05, 3.63) is 11.6 Å². The number of rotatable bonds is 18. The number of allylic oxidation sites excluding steroid dienone is 1. The molecule has 25 heavy (non-hydrogen) atoms. The van der Waals surface area contributed by atoms with Gasteiger partial charge in [0.15, 0.2) is 0 Å². The highest BCUT2D eigenvalue weighted by Gasteiger charge is 2.04. The third-order valence-electron chi connectivity index (χ3n) is 4.81. The Morgan fingerprint density at radius 1 is 0.680 bits per heavy atom. The zero-order valence-electron chi connectivity index (χ0n) is 17.4. The summed E-state index contributed by atoms with van der Waals surface area (Å²) in [5, 5.41) is 0. The van der Waals surface area contributed by atoms with Crippen molar-refractivity contribution in [3.63, 3.8) is 0 Å². The van der Waals surface area contributed by atoms with Crippen molar-refractivity contribution in [1.82, 2.24) is 0 Å². The minimum absolute atomic E-state index is 0.120. The summed E-state index contributed by atoms with van der Waals surface area (Å²) in [6.45, 7) is 6.96. The Hall–Kier alpha value is -0.790. The van der Waals surface area contributed by atoms with Gasteiger partial charge in [0.2, 0.25) is 0 Å². The van der Waals surface area contributed by atoms with Crippen molar-refractivity contribution >= 4 is 5.97 Å². The van der Waals surface area contributed by atoms with E-state index in [0.29, 0.717) is 6.61 Å². The van der Waals surface area contributed by atoms with Crippen molar-refractivity contribution < 1.29 is 9.53 Å². The lowest BCUT2D eigenvalue weighted by molar-refractivity contribution is -0.139. The Bertz CT molecular complexity index is 320. The molecule has 0 saturated carbocycles. The van der Waals surface area contributed by atoms with E-state index < -0.39 is 0 Å². The molecule has 0 N–H and O–H groups in total. The molecule has 0 aromatic carbocycles. The Kier molecular flexibility index (Phi) is 18.9. The van der Waals surface area contributed by atoms with Gasteiger partial charge in [-0.3, -0.25) is 0 Å². The predicted octanol–water partition coefficient (Wildman–Crippen LogP) is 7.76. The number of carbonyl (C=O) groups excluding carboxylic acids is 1. The molecule has 0 amide bonds. The first-order valence-electron chi connectivity index (χ1n) is 11.1. The largest absolute Gasteiger partial charge is 0.462 e. The molecule has 0 heterocycles. The first-order valence-corrected chi connectivity index (χ1v) is 11.1. The molecule has 2 heteroatoms. The lowest BCUT2D eigenvalue weighted by atomic mass is 10.1. The summed E-state index contributed by atoms with van der Waals surface area (Å²) >= 11 is 0. The van der Waals surface area contributed by atoms with Gasteiger partial charge < -0.3 is 4.74 Å². The second kappa shape index (κ2) is 19.5. The predicted molar refractivity (Wildman–Crippen MR) is 110 cm³/mol. The maximum Gasteiger partial charge on any atom is 0.333 e. The highest BCUT2D eigenvalue weighted by molar-refractivity contribution is 5.87. The summed E-state index contributed by atoms with van der Waals surface area (Å²) in [6.07, 6.45) is 22.5. The smallest absolute Gasteiger partial charge is 0.333 e. The Morgan fingerprint density at radius 2 is 1.12 bits per heavy atom. The third kappa shape index (κ3) is 17.8. The van der Waals surface area contributed by atoms with Crippen LogP contribution in [0.4, 0.5) is 0 Å². The van der Waals surface area contributed by atoms with Gasteiger partial charge in [-0.05, 0) is 26.2 Å². The van der Waals surface area contributed by atoms with E-state index in [1.807, 2.05) is 6.92 Å². The van der Waals surface area contributed by atoms with Gasteiger partial charge >= 0.3 is 5.97 Å². The molecule has 0 spiro atoms. The van der Waals surface area contributed by atoms with Gasteiger partial charge in [-0.15, -0.1) is 0 Å². The van der Waals surface area contributed by atoms with Crippen LogP contribution in [0.3, 0.4) is 0 Å². The minimum Gasteiger partial charge on any atom is -0.462 e. The molecule has 0 aliphatic rings. The highest BCUT2D eigenvalue weighted by Crippen LogP contribution is 2.11. The summed E-state index contributed by atoms with van der Waals surface area (Å²) in [6, 6.07) is 0. The number of esters is 1. The van der Waals surface area contributed by atoms with E-state index in [2.05, 4.69) is 19.9 Å². The molecule has 0 aliphatic carbocycles. The highest BCUT2D eigenvalue weighted by atomic mass is 16.5. The first-order chi connectivity index (χ1) is 12.2. The molecule has 0 rings (SSSR count). The lowest BCUT2D eigenvalue weighted by Gasteiger charge is -2.05. The molecule has 148 valence electrons. The van der Waals surface area contributed by atoms with E-state index in [0.717, 1.165) is 18.4 Å². The van der Waals surface area contributed by atoms with E-state index in [1.165, 1.54) is 89.9 Å². The van der Waals surface area contributed by atoms with E-state index >= 15 is 0 Å². The fraction of sp³-hybridized carbons (Fsp3) is 0.870. The monoisotopic (exact) mass is 352 g/mol. The van der Waals surface area contributed by atoms with Gasteiger partial charge in [-0.2, -0.15) is 0 Å². The molecule has 0 bridgehead atoms. The van der Waals surface area contributed by atoms with Gasteiger partial charge in [0.25, 0.3) is 0 Å². The summed E-state index contributed by atoms with van der Waals surface area (Å²) in [7, 11) is 0. The maximum atomic E-state index is 11.9. The summed E-state index contributed by atoms with van der Waals surface area (Å²) in [5.41, 5.74) is 0.783. The van der Waals surface area contributed by atoms with Crippen LogP contribution in [-0.2, 0) is 9.53 Å². The van der Waals surface area contributed by atoms with Crippen LogP contribution in [0.5, 0.6) is 0 Å². The van der Waals surface area contributed by atoms with E-state index in [9.17, 15) is 4.79 Å². The van der Waals surface area contributed by atoms with Crippen LogP contribution in [0.1, 0.15) is 124 Å². The zero-order chi connectivity index (χ0) is 18.6. The van der Waals surface area contributed by atoms with Gasteiger partial charge in [0, 0.05) is 5.57 Å². The summed E-state index contributed by atoms with van der Waals surface area (Å²) < 4.78 is 5.36. The van der Waals surface area contributed by atoms with Crippen LogP contribution >= 0.6 is 0 Å². The van der Waals surface area contributed by atoms with Crippen LogP contribution in [0.15, 0.2) is 11.6 Å². The van der Waals surface area contributed by atoms with Crippen LogP contribution in [0.25, 0.3) is 0 Å². The number of hydrogen-bond acceptors (Lipinski definition) is 2. The average Bonchev–Trinajstić information content (AvgIpc) is 2.62. The normalized spacial score (nSPS) is 11.7. The first kappa shape index (κ1) is 24.2. The van der Waals surface area contributed by atoms with Crippen LogP contribution in [0, 0.1) is 0 Å². The Balaban J connectivity index is 3.46.